The molecule has 0 amide bonds. The zero-order valence-electron chi connectivity index (χ0n) is 19.8. The molecule has 0 spiro atoms. The minimum atomic E-state index is -0.689. The van der Waals surface area contributed by atoms with Crippen LogP contribution in [-0.4, -0.2) is 42.1 Å². The smallest absolute Gasteiger partial charge is 0.335 e. The van der Waals surface area contributed by atoms with Crippen molar-refractivity contribution in [3.8, 4) is 17.2 Å². The van der Waals surface area contributed by atoms with Crippen LogP contribution < -0.4 is 10.2 Å². The molecule has 1 N–H and O–H groups in total. The number of esters is 1. The lowest BCUT2D eigenvalue weighted by Crippen LogP contribution is -2.29. The van der Waals surface area contributed by atoms with E-state index in [2.05, 4.69) is 15.7 Å². The van der Waals surface area contributed by atoms with Gasteiger partial charge in [-0.1, -0.05) is 23.7 Å². The molecule has 0 saturated carbocycles. The van der Waals surface area contributed by atoms with Crippen molar-refractivity contribution < 1.29 is 28.3 Å². The van der Waals surface area contributed by atoms with Crippen LogP contribution in [0.15, 0.2) is 59.2 Å². The highest BCUT2D eigenvalue weighted by Gasteiger charge is 2.21. The number of carbonyl (C=O) groups excluding carboxylic acids is 1. The molecule has 1 unspecified atom stereocenters. The first-order valence-corrected chi connectivity index (χ1v) is 11.6. The number of carbonyl (C=O) groups is 1. The normalized spacial score (nSPS) is 12.3. The Kier molecular flexibility index (Phi) is 10.1. The summed E-state index contributed by atoms with van der Waals surface area (Å²) >= 11 is 5.95. The van der Waals surface area contributed by atoms with Crippen LogP contribution in [0.5, 0.6) is 5.75 Å². The Morgan fingerprint density at radius 2 is 1.89 bits per heavy atom. The van der Waals surface area contributed by atoms with Crippen molar-refractivity contribution in [2.75, 3.05) is 19.8 Å². The Hall–Kier alpha value is -3.40. The molecule has 1 heterocycles. The topological polar surface area (TPSA) is 105 Å². The quantitative estimate of drug-likeness (QED) is 0.200. The molecule has 0 aliphatic rings. The van der Waals surface area contributed by atoms with Crippen molar-refractivity contribution >= 4 is 23.3 Å². The number of benzene rings is 2. The number of nitrogens with one attached hydrogen (secondary N) is 1. The fourth-order valence-corrected chi connectivity index (χ4v) is 3.17. The van der Waals surface area contributed by atoms with E-state index in [-0.39, 0.29) is 5.89 Å². The number of rotatable bonds is 13. The molecule has 0 fully saturated rings. The maximum atomic E-state index is 12.2. The summed E-state index contributed by atoms with van der Waals surface area (Å²) in [6.07, 6.45) is 1.08. The van der Waals surface area contributed by atoms with Crippen molar-refractivity contribution in [2.24, 2.45) is 0 Å². The molecule has 10 heteroatoms. The van der Waals surface area contributed by atoms with Crippen LogP contribution >= 0.6 is 11.6 Å². The summed E-state index contributed by atoms with van der Waals surface area (Å²) in [6.45, 7) is 6.52. The predicted octanol–water partition coefficient (Wildman–Crippen LogP) is 4.82. The van der Waals surface area contributed by atoms with Gasteiger partial charge in [0, 0.05) is 23.6 Å². The summed E-state index contributed by atoms with van der Waals surface area (Å²) in [5, 5.41) is 8.78. The minimum absolute atomic E-state index is 0.179. The Labute approximate surface area is 208 Å². The van der Waals surface area contributed by atoms with Crippen LogP contribution in [-0.2, 0) is 25.5 Å². The number of nitrogens with zero attached hydrogens (tertiary/aromatic N) is 2. The van der Waals surface area contributed by atoms with Crippen molar-refractivity contribution in [1.29, 1.82) is 0 Å². The van der Waals surface area contributed by atoms with Gasteiger partial charge in [0.25, 0.3) is 5.89 Å². The number of hydroxylamine groups is 1. The molecule has 0 saturated heterocycles. The van der Waals surface area contributed by atoms with E-state index >= 15 is 0 Å². The van der Waals surface area contributed by atoms with Gasteiger partial charge in [-0.25, -0.2) is 4.79 Å². The van der Waals surface area contributed by atoms with Crippen molar-refractivity contribution in [3.05, 3.63) is 71.3 Å². The maximum absolute atomic E-state index is 12.2. The second-order valence-corrected chi connectivity index (χ2v) is 7.59. The van der Waals surface area contributed by atoms with Crippen molar-refractivity contribution in [3.63, 3.8) is 0 Å². The van der Waals surface area contributed by atoms with Gasteiger partial charge in [-0.15, -0.1) is 10.2 Å². The Balaban J connectivity index is 1.76. The van der Waals surface area contributed by atoms with Gasteiger partial charge in [0.15, 0.2) is 11.8 Å². The second-order valence-electron chi connectivity index (χ2n) is 7.15. The van der Waals surface area contributed by atoms with E-state index in [1.807, 2.05) is 32.0 Å². The highest BCUT2D eigenvalue weighted by atomic mass is 35.5. The predicted molar refractivity (Wildman–Crippen MR) is 130 cm³/mol. The highest BCUT2D eigenvalue weighted by molar-refractivity contribution is 6.30. The molecule has 0 radical (unpaired) electrons. The van der Waals surface area contributed by atoms with Gasteiger partial charge < -0.3 is 18.6 Å². The van der Waals surface area contributed by atoms with Gasteiger partial charge in [0.2, 0.25) is 5.89 Å². The molecule has 1 aromatic heterocycles. The number of hydrogen-bond acceptors (Lipinski definition) is 9. The molecule has 186 valence electrons. The molecule has 0 aliphatic heterocycles. The summed E-state index contributed by atoms with van der Waals surface area (Å²) in [5.41, 5.74) is 4.67. The van der Waals surface area contributed by atoms with Crippen LogP contribution in [0.25, 0.3) is 17.2 Å². The largest absolute Gasteiger partial charge is 0.464 e. The van der Waals surface area contributed by atoms with E-state index in [0.717, 1.165) is 11.1 Å². The molecule has 9 nitrogen and oxygen atoms in total. The monoisotopic (exact) mass is 501 g/mol. The summed E-state index contributed by atoms with van der Waals surface area (Å²) in [6, 6.07) is 14.4. The second kappa shape index (κ2) is 13.5. The van der Waals surface area contributed by atoms with Crippen LogP contribution in [0.1, 0.15) is 32.2 Å². The Bertz CT molecular complexity index is 1120. The molecular weight excluding hydrogens is 474 g/mol. The highest BCUT2D eigenvalue weighted by Crippen LogP contribution is 2.23. The van der Waals surface area contributed by atoms with Gasteiger partial charge in [-0.05, 0) is 62.7 Å². The zero-order valence-corrected chi connectivity index (χ0v) is 20.6. The van der Waals surface area contributed by atoms with Gasteiger partial charge in [-0.3, -0.25) is 10.3 Å². The summed E-state index contributed by atoms with van der Waals surface area (Å²) < 4.78 is 22.3. The third kappa shape index (κ3) is 7.81. The average Bonchev–Trinajstić information content (AvgIpc) is 3.35. The minimum Gasteiger partial charge on any atom is -0.464 e. The Morgan fingerprint density at radius 1 is 1.09 bits per heavy atom. The molecule has 3 aromatic rings. The van der Waals surface area contributed by atoms with E-state index < -0.39 is 12.1 Å². The molecule has 1 atom stereocenters. The number of ether oxygens (including phenoxy) is 3. The fourth-order valence-electron chi connectivity index (χ4n) is 3.04. The number of halogens is 1. The molecule has 3 rings (SSSR count). The maximum Gasteiger partial charge on any atom is 0.335 e. The molecule has 0 bridgehead atoms. The lowest BCUT2D eigenvalue weighted by atomic mass is 10.1. The molecule has 0 aliphatic carbocycles. The van der Waals surface area contributed by atoms with E-state index in [1.165, 1.54) is 6.26 Å². The van der Waals surface area contributed by atoms with Gasteiger partial charge in [0.1, 0.15) is 12.0 Å². The first kappa shape index (κ1) is 26.2. The van der Waals surface area contributed by atoms with E-state index in [4.69, 9.17) is 35.1 Å². The van der Waals surface area contributed by atoms with Crippen molar-refractivity contribution in [2.45, 2.75) is 33.3 Å². The van der Waals surface area contributed by atoms with Crippen molar-refractivity contribution in [1.82, 2.24) is 15.7 Å². The van der Waals surface area contributed by atoms with Gasteiger partial charge in [-0.2, -0.15) is 0 Å². The first-order valence-electron chi connectivity index (χ1n) is 11.3. The summed E-state index contributed by atoms with van der Waals surface area (Å²) in [5.74, 6) is 0.647. The molecular formula is C25H28ClN3O6. The zero-order chi connectivity index (χ0) is 25.0. The van der Waals surface area contributed by atoms with Gasteiger partial charge >= 0.3 is 5.97 Å². The SMILES string of the molecule is CCONC(=COc1cccc(CC(OCC)C(=O)OCC)c1)c1nnc(-c2ccc(Cl)cc2)o1. The van der Waals surface area contributed by atoms with Crippen LogP contribution in [0.2, 0.25) is 5.02 Å². The lowest BCUT2D eigenvalue weighted by Gasteiger charge is -2.16. The first-order chi connectivity index (χ1) is 17.0. The van der Waals surface area contributed by atoms with E-state index in [0.29, 0.717) is 48.6 Å². The summed E-state index contributed by atoms with van der Waals surface area (Å²) in [4.78, 5) is 17.5. The summed E-state index contributed by atoms with van der Waals surface area (Å²) in [7, 11) is 0. The number of aromatic nitrogens is 2. The molecule has 2 aromatic carbocycles. The van der Waals surface area contributed by atoms with Crippen LogP contribution in [0, 0.1) is 0 Å². The fraction of sp³-hybridized carbons (Fsp3) is 0.320. The van der Waals surface area contributed by atoms with E-state index in [9.17, 15) is 4.79 Å². The van der Waals surface area contributed by atoms with Gasteiger partial charge in [0.05, 0.1) is 13.2 Å². The molecule has 35 heavy (non-hydrogen) atoms. The van der Waals surface area contributed by atoms with Crippen LogP contribution in [0.4, 0.5) is 0 Å². The van der Waals surface area contributed by atoms with E-state index in [1.54, 1.807) is 37.3 Å². The third-order valence-corrected chi connectivity index (χ3v) is 4.87. The lowest BCUT2D eigenvalue weighted by molar-refractivity contribution is -0.156. The standard InChI is InChI=1S/C25H28ClN3O6/c1-4-31-22(25(30)32-5-2)15-17-8-7-9-20(14-17)33-16-21(29-34-6-3)24-28-27-23(35-24)18-10-12-19(26)13-11-18/h7-14,16,22,29H,4-6,15H2,1-3H3. The Morgan fingerprint density at radius 3 is 2.60 bits per heavy atom. The number of hydrogen-bond donors (Lipinski definition) is 1. The third-order valence-electron chi connectivity index (χ3n) is 4.62. The van der Waals surface area contributed by atoms with Crippen LogP contribution in [0.3, 0.4) is 0 Å². The average molecular weight is 502 g/mol.